The Morgan fingerprint density at radius 3 is 2.68 bits per heavy atom. The van der Waals surface area contributed by atoms with Gasteiger partial charge in [-0.3, -0.25) is 4.79 Å². The highest BCUT2D eigenvalue weighted by Gasteiger charge is 2.09. The van der Waals surface area contributed by atoms with Crippen LogP contribution in [0.25, 0.3) is 0 Å². The van der Waals surface area contributed by atoms with Gasteiger partial charge in [0.15, 0.2) is 11.5 Å². The number of hydrogen-bond donors (Lipinski definition) is 2. The minimum atomic E-state index is -0.362. The molecule has 0 spiro atoms. The standard InChI is InChI=1S/C19H23N3O3/c1-4-24-18-11-14(9-10-17(18)25-13(2)3)12-21-22-19(23)15-7-5-6-8-16(15)20/h5-13H,4,20H2,1-3H3,(H,22,23)/b21-12+. The van der Waals surface area contributed by atoms with Gasteiger partial charge in [-0.2, -0.15) is 5.10 Å². The number of nitrogens with one attached hydrogen (secondary N) is 1. The maximum absolute atomic E-state index is 12.1. The minimum Gasteiger partial charge on any atom is -0.490 e. The van der Waals surface area contributed by atoms with E-state index in [1.54, 1.807) is 30.5 Å². The van der Waals surface area contributed by atoms with E-state index < -0.39 is 0 Å². The molecule has 0 atom stereocenters. The summed E-state index contributed by atoms with van der Waals surface area (Å²) in [6, 6.07) is 12.3. The van der Waals surface area contributed by atoms with Gasteiger partial charge in [-0.1, -0.05) is 12.1 Å². The third kappa shape index (κ3) is 5.24. The normalized spacial score (nSPS) is 10.9. The van der Waals surface area contributed by atoms with E-state index in [-0.39, 0.29) is 12.0 Å². The van der Waals surface area contributed by atoms with Crippen molar-refractivity contribution in [1.29, 1.82) is 0 Å². The number of nitrogens with zero attached hydrogens (tertiary/aromatic N) is 1. The van der Waals surface area contributed by atoms with Crippen LogP contribution >= 0.6 is 0 Å². The van der Waals surface area contributed by atoms with Crippen molar-refractivity contribution in [3.8, 4) is 11.5 Å². The highest BCUT2D eigenvalue weighted by Crippen LogP contribution is 2.28. The number of hydrazone groups is 1. The van der Waals surface area contributed by atoms with Gasteiger partial charge in [0.25, 0.3) is 5.91 Å². The zero-order chi connectivity index (χ0) is 18.2. The topological polar surface area (TPSA) is 85.9 Å². The third-order valence-electron chi connectivity index (χ3n) is 3.22. The van der Waals surface area contributed by atoms with Crippen LogP contribution in [0, 0.1) is 0 Å². The van der Waals surface area contributed by atoms with Gasteiger partial charge in [-0.15, -0.1) is 0 Å². The molecule has 0 saturated heterocycles. The molecule has 0 fully saturated rings. The van der Waals surface area contributed by atoms with Crippen molar-refractivity contribution in [3.05, 3.63) is 53.6 Å². The summed E-state index contributed by atoms with van der Waals surface area (Å²) in [5, 5.41) is 3.97. The highest BCUT2D eigenvalue weighted by atomic mass is 16.5. The minimum absolute atomic E-state index is 0.0503. The molecule has 25 heavy (non-hydrogen) atoms. The Morgan fingerprint density at radius 1 is 1.24 bits per heavy atom. The Labute approximate surface area is 147 Å². The first-order valence-electron chi connectivity index (χ1n) is 8.12. The summed E-state index contributed by atoms with van der Waals surface area (Å²) in [5.41, 5.74) is 9.81. The summed E-state index contributed by atoms with van der Waals surface area (Å²) in [6.45, 7) is 6.34. The lowest BCUT2D eigenvalue weighted by Crippen LogP contribution is -2.19. The average molecular weight is 341 g/mol. The van der Waals surface area contributed by atoms with E-state index >= 15 is 0 Å². The largest absolute Gasteiger partial charge is 0.490 e. The van der Waals surface area contributed by atoms with E-state index in [9.17, 15) is 4.79 Å². The number of anilines is 1. The number of nitrogens with two attached hydrogens (primary N) is 1. The second-order valence-electron chi connectivity index (χ2n) is 5.59. The molecule has 0 heterocycles. The average Bonchev–Trinajstić information content (AvgIpc) is 2.57. The van der Waals surface area contributed by atoms with Gasteiger partial charge in [-0.05, 0) is 56.7 Å². The number of ether oxygens (including phenoxy) is 2. The van der Waals surface area contributed by atoms with Gasteiger partial charge in [0, 0.05) is 5.69 Å². The molecule has 132 valence electrons. The van der Waals surface area contributed by atoms with Crippen molar-refractivity contribution < 1.29 is 14.3 Å². The molecule has 2 aromatic carbocycles. The molecule has 2 rings (SSSR count). The van der Waals surface area contributed by atoms with Gasteiger partial charge in [-0.25, -0.2) is 5.43 Å². The van der Waals surface area contributed by atoms with Crippen molar-refractivity contribution >= 4 is 17.8 Å². The molecule has 2 aromatic rings. The molecule has 6 heteroatoms. The summed E-state index contributed by atoms with van der Waals surface area (Å²) < 4.78 is 11.3. The fraction of sp³-hybridized carbons (Fsp3) is 0.263. The predicted octanol–water partition coefficient (Wildman–Crippen LogP) is 3.22. The van der Waals surface area contributed by atoms with E-state index in [0.29, 0.717) is 29.4 Å². The predicted molar refractivity (Wildman–Crippen MR) is 99.3 cm³/mol. The van der Waals surface area contributed by atoms with Crippen molar-refractivity contribution in [3.63, 3.8) is 0 Å². The smallest absolute Gasteiger partial charge is 0.273 e. The van der Waals surface area contributed by atoms with E-state index in [4.69, 9.17) is 15.2 Å². The first kappa shape index (κ1) is 18.3. The van der Waals surface area contributed by atoms with Gasteiger partial charge in [0.1, 0.15) is 0 Å². The second-order valence-corrected chi connectivity index (χ2v) is 5.59. The maximum atomic E-state index is 12.1. The van der Waals surface area contributed by atoms with Gasteiger partial charge in [0.05, 0.1) is 24.5 Å². The first-order valence-corrected chi connectivity index (χ1v) is 8.12. The number of benzene rings is 2. The highest BCUT2D eigenvalue weighted by molar-refractivity contribution is 5.99. The Balaban J connectivity index is 2.09. The zero-order valence-electron chi connectivity index (χ0n) is 14.7. The summed E-state index contributed by atoms with van der Waals surface area (Å²) >= 11 is 0. The summed E-state index contributed by atoms with van der Waals surface area (Å²) in [4.78, 5) is 12.1. The fourth-order valence-corrected chi connectivity index (χ4v) is 2.15. The van der Waals surface area contributed by atoms with Crippen LogP contribution in [-0.2, 0) is 0 Å². The molecule has 0 aromatic heterocycles. The van der Waals surface area contributed by atoms with Crippen molar-refractivity contribution in [2.24, 2.45) is 5.10 Å². The van der Waals surface area contributed by atoms with Crippen molar-refractivity contribution in [2.45, 2.75) is 26.9 Å². The van der Waals surface area contributed by atoms with Crippen LogP contribution in [0.3, 0.4) is 0 Å². The molecular weight excluding hydrogens is 318 g/mol. The van der Waals surface area contributed by atoms with Crippen molar-refractivity contribution in [2.75, 3.05) is 12.3 Å². The van der Waals surface area contributed by atoms with Gasteiger partial charge in [0.2, 0.25) is 0 Å². The Bertz CT molecular complexity index is 757. The number of para-hydroxylation sites is 1. The quantitative estimate of drug-likeness (QED) is 0.460. The number of amides is 1. The second kappa shape index (κ2) is 8.73. The molecule has 1 amide bonds. The Kier molecular flexibility index (Phi) is 6.39. The van der Waals surface area contributed by atoms with Crippen LogP contribution in [0.15, 0.2) is 47.6 Å². The number of carbonyl (C=O) groups is 1. The number of rotatable bonds is 7. The van der Waals surface area contributed by atoms with Crippen molar-refractivity contribution in [1.82, 2.24) is 5.43 Å². The number of carbonyl (C=O) groups excluding carboxylic acids is 1. The molecule has 6 nitrogen and oxygen atoms in total. The SMILES string of the molecule is CCOc1cc(/C=N/NC(=O)c2ccccc2N)ccc1OC(C)C. The molecule has 0 radical (unpaired) electrons. The van der Waals surface area contributed by atoms with Crippen LogP contribution < -0.4 is 20.6 Å². The molecular formula is C19H23N3O3. The van der Waals surface area contributed by atoms with E-state index in [1.165, 1.54) is 0 Å². The van der Waals surface area contributed by atoms with Crippen LogP contribution in [0.1, 0.15) is 36.7 Å². The third-order valence-corrected chi connectivity index (χ3v) is 3.22. The number of hydrogen-bond acceptors (Lipinski definition) is 5. The molecule has 0 saturated carbocycles. The summed E-state index contributed by atoms with van der Waals surface area (Å²) in [6.07, 6.45) is 1.59. The van der Waals surface area contributed by atoms with Crippen LogP contribution in [0.5, 0.6) is 11.5 Å². The summed E-state index contributed by atoms with van der Waals surface area (Å²) in [7, 11) is 0. The Morgan fingerprint density at radius 2 is 2.00 bits per heavy atom. The first-order chi connectivity index (χ1) is 12.0. The molecule has 0 bridgehead atoms. The van der Waals surface area contributed by atoms with E-state index in [0.717, 1.165) is 5.56 Å². The molecule has 0 aliphatic heterocycles. The van der Waals surface area contributed by atoms with Gasteiger partial charge >= 0.3 is 0 Å². The van der Waals surface area contributed by atoms with Crippen LogP contribution in [0.4, 0.5) is 5.69 Å². The lowest BCUT2D eigenvalue weighted by molar-refractivity contribution is 0.0956. The molecule has 0 aliphatic carbocycles. The molecule has 3 N–H and O–H groups in total. The lowest BCUT2D eigenvalue weighted by Gasteiger charge is -2.14. The van der Waals surface area contributed by atoms with Crippen LogP contribution in [-0.4, -0.2) is 24.8 Å². The lowest BCUT2D eigenvalue weighted by atomic mass is 10.2. The molecule has 0 aliphatic rings. The van der Waals surface area contributed by atoms with E-state index in [1.807, 2.05) is 39.0 Å². The van der Waals surface area contributed by atoms with Crippen LogP contribution in [0.2, 0.25) is 0 Å². The summed E-state index contributed by atoms with van der Waals surface area (Å²) in [5.74, 6) is 0.952. The Hall–Kier alpha value is -3.02. The number of nitrogen functional groups attached to an aromatic ring is 1. The maximum Gasteiger partial charge on any atom is 0.273 e. The zero-order valence-corrected chi connectivity index (χ0v) is 14.7. The van der Waals surface area contributed by atoms with Gasteiger partial charge < -0.3 is 15.2 Å². The van der Waals surface area contributed by atoms with E-state index in [2.05, 4.69) is 10.5 Å². The monoisotopic (exact) mass is 341 g/mol. The molecule has 0 unspecified atom stereocenters. The fourth-order valence-electron chi connectivity index (χ4n) is 2.15.